The van der Waals surface area contributed by atoms with Crippen LogP contribution in [-0.2, 0) is 4.79 Å². The van der Waals surface area contributed by atoms with E-state index in [2.05, 4.69) is 5.32 Å². The minimum absolute atomic E-state index is 0.156. The van der Waals surface area contributed by atoms with Crippen molar-refractivity contribution in [2.45, 2.75) is 19.9 Å². The van der Waals surface area contributed by atoms with Crippen molar-refractivity contribution in [2.75, 3.05) is 6.54 Å². The molecule has 0 saturated heterocycles. The molecule has 0 spiro atoms. The third-order valence-corrected chi connectivity index (χ3v) is 2.45. The number of carbonyl (C=O) groups excluding carboxylic acids is 1. The van der Waals surface area contributed by atoms with Crippen molar-refractivity contribution in [2.24, 2.45) is 11.7 Å². The quantitative estimate of drug-likeness (QED) is 0.847. The van der Waals surface area contributed by atoms with Crippen LogP contribution < -0.4 is 11.1 Å². The van der Waals surface area contributed by atoms with E-state index in [9.17, 15) is 4.79 Å². The van der Waals surface area contributed by atoms with Gasteiger partial charge < -0.3 is 11.1 Å². The fraction of sp³-hybridized carbons (Fsp3) is 0.417. The van der Waals surface area contributed by atoms with Crippen LogP contribution in [0.25, 0.3) is 0 Å². The van der Waals surface area contributed by atoms with Crippen molar-refractivity contribution in [1.82, 2.24) is 5.32 Å². The van der Waals surface area contributed by atoms with E-state index in [0.717, 1.165) is 5.56 Å². The van der Waals surface area contributed by atoms with Gasteiger partial charge in [-0.15, -0.1) is 0 Å². The lowest BCUT2D eigenvalue weighted by molar-refractivity contribution is -0.122. The Hall–Kier alpha value is -1.06. The third kappa shape index (κ3) is 3.83. The van der Waals surface area contributed by atoms with E-state index in [-0.39, 0.29) is 5.91 Å². The molecule has 0 radical (unpaired) electrons. The lowest BCUT2D eigenvalue weighted by Crippen LogP contribution is -2.36. The van der Waals surface area contributed by atoms with Crippen LogP contribution in [0.4, 0.5) is 0 Å². The van der Waals surface area contributed by atoms with Gasteiger partial charge in [0.05, 0.1) is 0 Å². The molecular weight excluding hydrogens is 224 g/mol. The zero-order valence-electron chi connectivity index (χ0n) is 9.53. The molecule has 1 unspecified atom stereocenters. The maximum absolute atomic E-state index is 11.7. The normalized spacial score (nSPS) is 12.6. The van der Waals surface area contributed by atoms with Crippen molar-refractivity contribution < 1.29 is 4.79 Å². The number of benzene rings is 1. The van der Waals surface area contributed by atoms with Crippen LogP contribution in [0.1, 0.15) is 25.5 Å². The molecule has 0 bridgehead atoms. The van der Waals surface area contributed by atoms with Gasteiger partial charge >= 0.3 is 0 Å². The van der Waals surface area contributed by atoms with Crippen LogP contribution >= 0.6 is 11.6 Å². The first-order valence-corrected chi connectivity index (χ1v) is 5.67. The Labute approximate surface area is 101 Å². The van der Waals surface area contributed by atoms with Gasteiger partial charge in [-0.25, -0.2) is 0 Å². The molecule has 4 heteroatoms. The monoisotopic (exact) mass is 240 g/mol. The molecule has 3 nitrogen and oxygen atoms in total. The van der Waals surface area contributed by atoms with Crippen molar-refractivity contribution >= 4 is 17.5 Å². The molecule has 3 N–H and O–H groups in total. The Bertz CT molecular complexity index is 349. The Morgan fingerprint density at radius 2 is 1.94 bits per heavy atom. The Morgan fingerprint density at radius 1 is 1.38 bits per heavy atom. The van der Waals surface area contributed by atoms with Gasteiger partial charge in [0.1, 0.15) is 6.04 Å². The smallest absolute Gasteiger partial charge is 0.241 e. The van der Waals surface area contributed by atoms with E-state index < -0.39 is 6.04 Å². The average molecular weight is 241 g/mol. The summed E-state index contributed by atoms with van der Waals surface area (Å²) in [5.41, 5.74) is 6.59. The number of nitrogens with two attached hydrogens (primary N) is 1. The van der Waals surface area contributed by atoms with Gasteiger partial charge in [0.15, 0.2) is 0 Å². The van der Waals surface area contributed by atoms with E-state index in [0.29, 0.717) is 17.5 Å². The van der Waals surface area contributed by atoms with Gasteiger partial charge in [-0.1, -0.05) is 37.6 Å². The van der Waals surface area contributed by atoms with Crippen LogP contribution in [-0.4, -0.2) is 12.5 Å². The summed E-state index contributed by atoms with van der Waals surface area (Å²) < 4.78 is 0. The summed E-state index contributed by atoms with van der Waals surface area (Å²) in [6, 6.07) is 6.36. The number of hydrogen-bond acceptors (Lipinski definition) is 2. The van der Waals surface area contributed by atoms with Gasteiger partial charge in [-0.3, -0.25) is 4.79 Å². The molecule has 0 saturated carbocycles. The maximum Gasteiger partial charge on any atom is 0.241 e. The van der Waals surface area contributed by atoms with E-state index in [1.807, 2.05) is 13.8 Å². The molecule has 1 atom stereocenters. The van der Waals surface area contributed by atoms with Crippen LogP contribution in [0.15, 0.2) is 24.3 Å². The first-order chi connectivity index (χ1) is 7.50. The highest BCUT2D eigenvalue weighted by Crippen LogP contribution is 2.14. The first-order valence-electron chi connectivity index (χ1n) is 5.29. The summed E-state index contributed by atoms with van der Waals surface area (Å²) in [5.74, 6) is 0.261. The molecule has 0 fully saturated rings. The minimum atomic E-state index is -0.629. The summed E-state index contributed by atoms with van der Waals surface area (Å²) in [4.78, 5) is 11.7. The number of rotatable bonds is 4. The summed E-state index contributed by atoms with van der Waals surface area (Å²) >= 11 is 5.76. The Balaban J connectivity index is 2.59. The Kier molecular flexibility index (Phi) is 4.77. The summed E-state index contributed by atoms with van der Waals surface area (Å²) in [5, 5.41) is 3.44. The molecular formula is C12H17ClN2O. The summed E-state index contributed by atoms with van der Waals surface area (Å²) in [6.07, 6.45) is 0. The fourth-order valence-electron chi connectivity index (χ4n) is 1.24. The van der Waals surface area contributed by atoms with Crippen molar-refractivity contribution in [3.63, 3.8) is 0 Å². The van der Waals surface area contributed by atoms with Gasteiger partial charge in [-0.05, 0) is 23.6 Å². The molecule has 1 aromatic carbocycles. The number of halogens is 1. The molecule has 0 aliphatic rings. The van der Waals surface area contributed by atoms with E-state index in [1.54, 1.807) is 24.3 Å². The standard InChI is InChI=1S/C12H17ClN2O/c1-8(2)7-15-12(16)11(14)9-3-5-10(13)6-4-9/h3-6,8,11H,7,14H2,1-2H3,(H,15,16). The first kappa shape index (κ1) is 13.0. The number of hydrogen-bond donors (Lipinski definition) is 2. The number of nitrogens with one attached hydrogen (secondary N) is 1. The zero-order valence-corrected chi connectivity index (χ0v) is 10.3. The molecule has 0 heterocycles. The molecule has 0 aliphatic carbocycles. The summed E-state index contributed by atoms with van der Waals surface area (Å²) in [7, 11) is 0. The Morgan fingerprint density at radius 3 is 2.44 bits per heavy atom. The lowest BCUT2D eigenvalue weighted by Gasteiger charge is -2.13. The largest absolute Gasteiger partial charge is 0.354 e. The second kappa shape index (κ2) is 5.87. The zero-order chi connectivity index (χ0) is 12.1. The molecule has 1 amide bonds. The van der Waals surface area contributed by atoms with Gasteiger partial charge in [0, 0.05) is 11.6 Å². The van der Waals surface area contributed by atoms with Crippen LogP contribution in [0.5, 0.6) is 0 Å². The van der Waals surface area contributed by atoms with Crippen molar-refractivity contribution in [1.29, 1.82) is 0 Å². The second-order valence-corrected chi connectivity index (χ2v) is 4.60. The molecule has 88 valence electrons. The predicted molar refractivity (Wildman–Crippen MR) is 66.2 cm³/mol. The molecule has 0 aliphatic heterocycles. The third-order valence-electron chi connectivity index (χ3n) is 2.20. The summed E-state index contributed by atoms with van der Waals surface area (Å²) in [6.45, 7) is 4.71. The predicted octanol–water partition coefficient (Wildman–Crippen LogP) is 2.11. The topological polar surface area (TPSA) is 55.1 Å². The minimum Gasteiger partial charge on any atom is -0.354 e. The van der Waals surface area contributed by atoms with Crippen LogP contribution in [0.3, 0.4) is 0 Å². The maximum atomic E-state index is 11.7. The SMILES string of the molecule is CC(C)CNC(=O)C(N)c1ccc(Cl)cc1. The van der Waals surface area contributed by atoms with Gasteiger partial charge in [0.25, 0.3) is 0 Å². The molecule has 1 aromatic rings. The molecule has 16 heavy (non-hydrogen) atoms. The average Bonchev–Trinajstić information content (AvgIpc) is 2.26. The molecule has 1 rings (SSSR count). The van der Waals surface area contributed by atoms with E-state index >= 15 is 0 Å². The molecule has 0 aromatic heterocycles. The van der Waals surface area contributed by atoms with Crippen LogP contribution in [0.2, 0.25) is 5.02 Å². The second-order valence-electron chi connectivity index (χ2n) is 4.17. The number of amides is 1. The highest BCUT2D eigenvalue weighted by Gasteiger charge is 2.15. The van der Waals surface area contributed by atoms with Crippen molar-refractivity contribution in [3.8, 4) is 0 Å². The van der Waals surface area contributed by atoms with Crippen molar-refractivity contribution in [3.05, 3.63) is 34.9 Å². The van der Waals surface area contributed by atoms with Gasteiger partial charge in [-0.2, -0.15) is 0 Å². The lowest BCUT2D eigenvalue weighted by atomic mass is 10.1. The van der Waals surface area contributed by atoms with Gasteiger partial charge in [0.2, 0.25) is 5.91 Å². The van der Waals surface area contributed by atoms with E-state index in [4.69, 9.17) is 17.3 Å². The van der Waals surface area contributed by atoms with E-state index in [1.165, 1.54) is 0 Å². The highest BCUT2D eigenvalue weighted by atomic mass is 35.5. The fourth-order valence-corrected chi connectivity index (χ4v) is 1.36. The highest BCUT2D eigenvalue weighted by molar-refractivity contribution is 6.30. The number of carbonyl (C=O) groups is 1. The van der Waals surface area contributed by atoms with Crippen LogP contribution in [0, 0.1) is 5.92 Å².